The van der Waals surface area contributed by atoms with Crippen LogP contribution >= 0.6 is 0 Å². The zero-order chi connectivity index (χ0) is 9.26. The Hall–Kier alpha value is -1.90. The van der Waals surface area contributed by atoms with E-state index in [9.17, 15) is 4.79 Å². The molecule has 1 amide bonds. The molecule has 1 aliphatic rings. The number of para-hydroxylation sites is 1. The predicted octanol–water partition coefficient (Wildman–Crippen LogP) is 2.25. The summed E-state index contributed by atoms with van der Waals surface area (Å²) in [4.78, 5) is 12.0. The molecule has 0 saturated carbocycles. The van der Waals surface area contributed by atoms with Crippen molar-refractivity contribution in [2.75, 3.05) is 4.90 Å². The van der Waals surface area contributed by atoms with Gasteiger partial charge in [0.1, 0.15) is 0 Å². The SMILES string of the molecule is O=C(O)N1C=C[CH-]c2ccccc21. The van der Waals surface area contributed by atoms with Crippen molar-refractivity contribution in [3.63, 3.8) is 0 Å². The molecule has 1 aromatic carbocycles. The van der Waals surface area contributed by atoms with Gasteiger partial charge in [-0.3, -0.25) is 0 Å². The molecule has 0 bridgehead atoms. The van der Waals surface area contributed by atoms with Crippen LogP contribution in [0.4, 0.5) is 10.5 Å². The first kappa shape index (κ1) is 7.73. The summed E-state index contributed by atoms with van der Waals surface area (Å²) in [5.74, 6) is 0. The second kappa shape index (κ2) is 2.86. The summed E-state index contributed by atoms with van der Waals surface area (Å²) >= 11 is 0. The first-order valence-electron chi connectivity index (χ1n) is 3.92. The minimum Gasteiger partial charge on any atom is -0.465 e. The van der Waals surface area contributed by atoms with Crippen LogP contribution in [0.5, 0.6) is 0 Å². The summed E-state index contributed by atoms with van der Waals surface area (Å²) in [7, 11) is 0. The quantitative estimate of drug-likeness (QED) is 0.613. The number of amides is 1. The fourth-order valence-corrected chi connectivity index (χ4v) is 1.33. The minimum absolute atomic E-state index is 0.706. The molecule has 1 N–H and O–H groups in total. The van der Waals surface area contributed by atoms with Gasteiger partial charge in [0.25, 0.3) is 0 Å². The van der Waals surface area contributed by atoms with E-state index < -0.39 is 6.09 Å². The van der Waals surface area contributed by atoms with Crippen LogP contribution in [0.25, 0.3) is 0 Å². The minimum atomic E-state index is -0.961. The summed E-state index contributed by atoms with van der Waals surface area (Å²) in [6.45, 7) is 0. The Morgan fingerprint density at radius 2 is 2.15 bits per heavy atom. The Bertz CT molecular complexity index is 371. The van der Waals surface area contributed by atoms with Crippen LogP contribution in [-0.4, -0.2) is 11.2 Å². The predicted molar refractivity (Wildman–Crippen MR) is 49.5 cm³/mol. The highest BCUT2D eigenvalue weighted by Gasteiger charge is 2.09. The van der Waals surface area contributed by atoms with Gasteiger partial charge in [0.2, 0.25) is 0 Å². The van der Waals surface area contributed by atoms with Crippen molar-refractivity contribution in [1.82, 2.24) is 0 Å². The first-order chi connectivity index (χ1) is 6.29. The maximum atomic E-state index is 10.8. The third-order valence-corrected chi connectivity index (χ3v) is 1.91. The Morgan fingerprint density at radius 3 is 2.92 bits per heavy atom. The van der Waals surface area contributed by atoms with Crippen LogP contribution < -0.4 is 4.90 Å². The Labute approximate surface area is 75.9 Å². The molecule has 2 rings (SSSR count). The molecule has 0 radical (unpaired) electrons. The van der Waals surface area contributed by atoms with Crippen LogP contribution in [-0.2, 0) is 0 Å². The molecule has 13 heavy (non-hydrogen) atoms. The molecule has 1 aliphatic heterocycles. The molecule has 3 nitrogen and oxygen atoms in total. The average molecular weight is 174 g/mol. The number of allylic oxidation sites excluding steroid dienone is 1. The smallest absolute Gasteiger partial charge is 0.398 e. The molecular weight excluding hydrogens is 166 g/mol. The lowest BCUT2D eigenvalue weighted by Crippen LogP contribution is -2.25. The van der Waals surface area contributed by atoms with E-state index in [4.69, 9.17) is 5.11 Å². The van der Waals surface area contributed by atoms with E-state index >= 15 is 0 Å². The topological polar surface area (TPSA) is 40.5 Å². The maximum absolute atomic E-state index is 10.8. The van der Waals surface area contributed by atoms with E-state index in [1.165, 1.54) is 11.1 Å². The molecule has 0 atom stereocenters. The summed E-state index contributed by atoms with van der Waals surface area (Å²) in [6.07, 6.45) is 4.17. The molecule has 0 aromatic heterocycles. The van der Waals surface area contributed by atoms with Crippen LogP contribution in [0, 0.1) is 6.42 Å². The van der Waals surface area contributed by atoms with E-state index in [0.717, 1.165) is 5.56 Å². The third kappa shape index (κ3) is 1.24. The van der Waals surface area contributed by atoms with Crippen molar-refractivity contribution >= 4 is 11.8 Å². The molecule has 0 spiro atoms. The molecule has 0 saturated heterocycles. The Balaban J connectivity index is 2.48. The summed E-state index contributed by atoms with van der Waals surface area (Å²) in [6, 6.07) is 7.37. The van der Waals surface area contributed by atoms with E-state index in [0.29, 0.717) is 5.69 Å². The van der Waals surface area contributed by atoms with Crippen molar-refractivity contribution < 1.29 is 9.90 Å². The Kier molecular flexibility index (Phi) is 1.70. The van der Waals surface area contributed by atoms with Crippen molar-refractivity contribution in [1.29, 1.82) is 0 Å². The van der Waals surface area contributed by atoms with Crippen molar-refractivity contribution in [2.24, 2.45) is 0 Å². The highest BCUT2D eigenvalue weighted by atomic mass is 16.4. The zero-order valence-electron chi connectivity index (χ0n) is 6.84. The van der Waals surface area contributed by atoms with Gasteiger partial charge < -0.3 is 10.0 Å². The fraction of sp³-hybridized carbons (Fsp3) is 0. The lowest BCUT2D eigenvalue weighted by Gasteiger charge is -2.28. The molecule has 0 aliphatic carbocycles. The largest absolute Gasteiger partial charge is 0.465 e. The van der Waals surface area contributed by atoms with Crippen LogP contribution in [0.1, 0.15) is 5.56 Å². The van der Waals surface area contributed by atoms with Gasteiger partial charge >= 0.3 is 6.09 Å². The van der Waals surface area contributed by atoms with E-state index in [1.807, 2.05) is 24.6 Å². The number of carboxylic acid groups (broad SMARTS) is 1. The van der Waals surface area contributed by atoms with Crippen molar-refractivity contribution in [3.05, 3.63) is 48.5 Å². The average Bonchev–Trinajstić information content (AvgIpc) is 2.17. The second-order valence-electron chi connectivity index (χ2n) is 2.72. The first-order valence-corrected chi connectivity index (χ1v) is 3.92. The van der Waals surface area contributed by atoms with Crippen molar-refractivity contribution in [2.45, 2.75) is 0 Å². The number of rotatable bonds is 0. The van der Waals surface area contributed by atoms with Crippen LogP contribution in [0.15, 0.2) is 36.5 Å². The van der Waals surface area contributed by atoms with E-state index in [-0.39, 0.29) is 0 Å². The number of hydrogen-bond donors (Lipinski definition) is 1. The number of hydrogen-bond acceptors (Lipinski definition) is 1. The van der Waals surface area contributed by atoms with E-state index in [1.54, 1.807) is 12.1 Å². The lowest BCUT2D eigenvalue weighted by atomic mass is 10.1. The number of nitrogens with zero attached hydrogens (tertiary/aromatic N) is 1. The van der Waals surface area contributed by atoms with Gasteiger partial charge in [-0.15, -0.1) is 30.2 Å². The van der Waals surface area contributed by atoms with Gasteiger partial charge in [-0.25, -0.2) is 4.79 Å². The molecule has 1 heterocycles. The monoisotopic (exact) mass is 174 g/mol. The fourth-order valence-electron chi connectivity index (χ4n) is 1.33. The molecule has 66 valence electrons. The molecule has 0 unspecified atom stereocenters. The maximum Gasteiger partial charge on any atom is 0.398 e. The van der Waals surface area contributed by atoms with Gasteiger partial charge in [0.05, 0.1) is 0 Å². The highest BCUT2D eigenvalue weighted by Crippen LogP contribution is 2.26. The standard InChI is InChI=1S/C10H8NO2/c12-10(13)11-7-3-5-8-4-1-2-6-9(8)11/h1-7H,(H,12,13)/q-1. The lowest BCUT2D eigenvalue weighted by molar-refractivity contribution is 0.204. The van der Waals surface area contributed by atoms with Crippen LogP contribution in [0.3, 0.4) is 0 Å². The summed E-state index contributed by atoms with van der Waals surface area (Å²) in [5.41, 5.74) is 1.63. The number of fused-ring (bicyclic) bond motifs is 1. The molecular formula is C10H8NO2-. The zero-order valence-corrected chi connectivity index (χ0v) is 6.84. The van der Waals surface area contributed by atoms with Crippen LogP contribution in [0.2, 0.25) is 0 Å². The van der Waals surface area contributed by atoms with Crippen molar-refractivity contribution in [3.8, 4) is 0 Å². The molecule has 3 heteroatoms. The highest BCUT2D eigenvalue weighted by molar-refractivity contribution is 5.90. The second-order valence-corrected chi connectivity index (χ2v) is 2.72. The van der Waals surface area contributed by atoms with E-state index in [2.05, 4.69) is 0 Å². The van der Waals surface area contributed by atoms with Gasteiger partial charge in [-0.1, -0.05) is 18.3 Å². The normalized spacial score (nSPS) is 13.4. The molecule has 1 aromatic rings. The number of carbonyl (C=O) groups is 1. The van der Waals surface area contributed by atoms with Gasteiger partial charge in [0.15, 0.2) is 0 Å². The van der Waals surface area contributed by atoms with Gasteiger partial charge in [0, 0.05) is 0 Å². The number of benzene rings is 1. The summed E-state index contributed by atoms with van der Waals surface area (Å²) in [5, 5.41) is 8.85. The van der Waals surface area contributed by atoms with Gasteiger partial charge in [-0.2, -0.15) is 0 Å². The third-order valence-electron chi connectivity index (χ3n) is 1.91. The number of anilines is 1. The van der Waals surface area contributed by atoms with Gasteiger partial charge in [-0.05, 0) is 5.69 Å². The summed E-state index contributed by atoms with van der Waals surface area (Å²) < 4.78 is 0. The Morgan fingerprint density at radius 1 is 1.38 bits per heavy atom. The molecule has 0 fully saturated rings.